The van der Waals surface area contributed by atoms with Crippen LogP contribution in [0.5, 0.6) is 5.75 Å². The molecule has 0 amide bonds. The molecule has 1 atom stereocenters. The third-order valence-corrected chi connectivity index (χ3v) is 6.71. The van der Waals surface area contributed by atoms with Gasteiger partial charge in [0, 0.05) is 63.3 Å². The average Bonchev–Trinajstić information content (AvgIpc) is 3.14. The minimum atomic E-state index is 0.157. The van der Waals surface area contributed by atoms with E-state index in [2.05, 4.69) is 36.7 Å². The topological polar surface area (TPSA) is 68.6 Å². The van der Waals surface area contributed by atoms with Gasteiger partial charge in [-0.1, -0.05) is 0 Å². The lowest BCUT2D eigenvalue weighted by Gasteiger charge is -2.47. The van der Waals surface area contributed by atoms with Gasteiger partial charge >= 0.3 is 0 Å². The molecular weight excluding hydrogens is 352 g/mol. The molecule has 28 heavy (non-hydrogen) atoms. The predicted octanol–water partition coefficient (Wildman–Crippen LogP) is 1.85. The highest BCUT2D eigenvalue weighted by molar-refractivity contribution is 5.74. The fourth-order valence-electron chi connectivity index (χ4n) is 5.50. The van der Waals surface area contributed by atoms with Gasteiger partial charge in [-0.15, -0.1) is 0 Å². The molecule has 1 unspecified atom stereocenters. The van der Waals surface area contributed by atoms with Crippen LogP contribution in [0.4, 0.5) is 5.82 Å². The summed E-state index contributed by atoms with van der Waals surface area (Å²) < 4.78 is 0. The number of anilines is 1. The second-order valence-corrected chi connectivity index (χ2v) is 8.75. The summed E-state index contributed by atoms with van der Waals surface area (Å²) in [5, 5.41) is 9.94. The van der Waals surface area contributed by atoms with Crippen molar-refractivity contribution in [3.05, 3.63) is 30.9 Å². The first kappa shape index (κ1) is 17.8. The van der Waals surface area contributed by atoms with Gasteiger partial charge in [-0.05, 0) is 37.8 Å². The number of hydrogen-bond donors (Lipinski definition) is 1. The van der Waals surface area contributed by atoms with Gasteiger partial charge in [0.1, 0.15) is 11.6 Å². The Hall–Kier alpha value is -2.25. The van der Waals surface area contributed by atoms with Crippen molar-refractivity contribution in [2.45, 2.75) is 25.3 Å². The first-order valence-corrected chi connectivity index (χ1v) is 10.2. The van der Waals surface area contributed by atoms with E-state index in [1.165, 1.54) is 38.5 Å². The Balaban J connectivity index is 1.28. The molecule has 2 aromatic heterocycles. The number of likely N-dealkylation sites (tertiary alicyclic amines) is 1. The zero-order chi connectivity index (χ0) is 19.1. The van der Waals surface area contributed by atoms with Crippen LogP contribution in [0.3, 0.4) is 0 Å². The van der Waals surface area contributed by atoms with Crippen LogP contribution >= 0.6 is 0 Å². The van der Waals surface area contributed by atoms with Crippen LogP contribution in [0.25, 0.3) is 11.3 Å². The fourth-order valence-corrected chi connectivity index (χ4v) is 5.50. The number of aromatic nitrogens is 3. The molecule has 148 valence electrons. The van der Waals surface area contributed by atoms with E-state index in [0.29, 0.717) is 5.41 Å². The molecule has 0 bridgehead atoms. The minimum absolute atomic E-state index is 0.157. The first-order chi connectivity index (χ1) is 13.6. The van der Waals surface area contributed by atoms with Crippen LogP contribution in [-0.4, -0.2) is 82.2 Å². The maximum absolute atomic E-state index is 9.94. The highest BCUT2D eigenvalue weighted by atomic mass is 16.3. The van der Waals surface area contributed by atoms with Gasteiger partial charge in [0.2, 0.25) is 0 Å². The number of rotatable bonds is 3. The molecule has 3 aliphatic rings. The molecule has 5 rings (SSSR count). The zero-order valence-corrected chi connectivity index (χ0v) is 16.5. The Morgan fingerprint density at radius 1 is 1.07 bits per heavy atom. The standard InChI is InChI=1S/C21H28N6O/c1-25-14-21(15-25)3-2-16(11-21)26-6-8-27(9-7-26)20-18(10-17(28)12-24-20)19-13-22-4-5-23-19/h4-5,10,12-13,16,28H,2-3,6-9,11,14-15H2,1H3. The van der Waals surface area contributed by atoms with Crippen molar-refractivity contribution < 1.29 is 5.11 Å². The van der Waals surface area contributed by atoms with Crippen LogP contribution in [0, 0.1) is 5.41 Å². The van der Waals surface area contributed by atoms with E-state index < -0.39 is 0 Å². The molecule has 0 aromatic carbocycles. The molecular formula is C21H28N6O. The van der Waals surface area contributed by atoms with Crippen molar-refractivity contribution in [3.8, 4) is 17.0 Å². The van der Waals surface area contributed by atoms with E-state index in [1.807, 2.05) is 0 Å². The van der Waals surface area contributed by atoms with Gasteiger partial charge in [0.15, 0.2) is 0 Å². The highest BCUT2D eigenvalue weighted by Gasteiger charge is 2.48. The van der Waals surface area contributed by atoms with Crippen LogP contribution in [0.1, 0.15) is 19.3 Å². The smallest absolute Gasteiger partial charge is 0.138 e. The van der Waals surface area contributed by atoms with Gasteiger partial charge in [-0.25, -0.2) is 4.98 Å². The Kier molecular flexibility index (Phi) is 4.44. The summed E-state index contributed by atoms with van der Waals surface area (Å²) >= 11 is 0. The lowest BCUT2D eigenvalue weighted by molar-refractivity contribution is 0.0204. The Morgan fingerprint density at radius 3 is 2.61 bits per heavy atom. The second-order valence-electron chi connectivity index (χ2n) is 8.75. The number of hydrogen-bond acceptors (Lipinski definition) is 7. The molecule has 2 saturated heterocycles. The van der Waals surface area contributed by atoms with E-state index >= 15 is 0 Å². The van der Waals surface area contributed by atoms with Crippen molar-refractivity contribution in [1.29, 1.82) is 0 Å². The van der Waals surface area contributed by atoms with Gasteiger partial charge in [0.05, 0.1) is 18.1 Å². The maximum atomic E-state index is 9.94. The van der Waals surface area contributed by atoms with Crippen LogP contribution in [0.2, 0.25) is 0 Å². The maximum Gasteiger partial charge on any atom is 0.138 e. The van der Waals surface area contributed by atoms with Gasteiger partial charge in [-0.2, -0.15) is 0 Å². The summed E-state index contributed by atoms with van der Waals surface area (Å²) in [7, 11) is 2.23. The van der Waals surface area contributed by atoms with E-state index in [0.717, 1.165) is 49.3 Å². The van der Waals surface area contributed by atoms with Crippen molar-refractivity contribution in [2.24, 2.45) is 5.41 Å². The monoisotopic (exact) mass is 380 g/mol. The van der Waals surface area contributed by atoms with Crippen molar-refractivity contribution in [1.82, 2.24) is 24.8 Å². The van der Waals surface area contributed by atoms with Crippen molar-refractivity contribution in [2.75, 3.05) is 51.2 Å². The molecule has 2 aromatic rings. The van der Waals surface area contributed by atoms with E-state index in [-0.39, 0.29) is 5.75 Å². The number of aromatic hydroxyl groups is 1. The first-order valence-electron chi connectivity index (χ1n) is 10.2. The number of piperazine rings is 1. The molecule has 1 N–H and O–H groups in total. The fraction of sp³-hybridized carbons (Fsp3) is 0.571. The quantitative estimate of drug-likeness (QED) is 0.871. The molecule has 7 heteroatoms. The molecule has 2 aliphatic heterocycles. The predicted molar refractivity (Wildman–Crippen MR) is 108 cm³/mol. The molecule has 1 saturated carbocycles. The SMILES string of the molecule is CN1CC2(CCC(N3CCN(c4ncc(O)cc4-c4cnccn4)CC3)C2)C1. The molecule has 3 fully saturated rings. The van der Waals surface area contributed by atoms with E-state index in [1.54, 1.807) is 24.7 Å². The summed E-state index contributed by atoms with van der Waals surface area (Å²) in [4.78, 5) is 20.6. The van der Waals surface area contributed by atoms with Crippen LogP contribution < -0.4 is 4.90 Å². The normalized spacial score (nSPS) is 25.2. The van der Waals surface area contributed by atoms with Crippen molar-refractivity contribution >= 4 is 5.82 Å². The van der Waals surface area contributed by atoms with Crippen LogP contribution in [0.15, 0.2) is 30.9 Å². The van der Waals surface area contributed by atoms with Crippen molar-refractivity contribution in [3.63, 3.8) is 0 Å². The second kappa shape index (κ2) is 6.97. The van der Waals surface area contributed by atoms with Gasteiger partial charge < -0.3 is 14.9 Å². The summed E-state index contributed by atoms with van der Waals surface area (Å²) in [6, 6.07) is 2.48. The molecule has 1 spiro atoms. The number of nitrogens with zero attached hydrogens (tertiary/aromatic N) is 6. The third-order valence-electron chi connectivity index (χ3n) is 6.71. The Bertz CT molecular complexity index is 830. The van der Waals surface area contributed by atoms with E-state index in [4.69, 9.17) is 0 Å². The summed E-state index contributed by atoms with van der Waals surface area (Å²) in [5.41, 5.74) is 2.20. The molecule has 7 nitrogen and oxygen atoms in total. The number of pyridine rings is 1. The van der Waals surface area contributed by atoms with Gasteiger partial charge in [-0.3, -0.25) is 14.9 Å². The van der Waals surface area contributed by atoms with Gasteiger partial charge in [0.25, 0.3) is 0 Å². The largest absolute Gasteiger partial charge is 0.506 e. The average molecular weight is 380 g/mol. The molecule has 1 aliphatic carbocycles. The highest BCUT2D eigenvalue weighted by Crippen LogP contribution is 2.46. The minimum Gasteiger partial charge on any atom is -0.506 e. The summed E-state index contributed by atoms with van der Waals surface area (Å²) in [5.74, 6) is 1.05. The lowest BCUT2D eigenvalue weighted by atomic mass is 9.78. The van der Waals surface area contributed by atoms with E-state index in [9.17, 15) is 5.11 Å². The lowest BCUT2D eigenvalue weighted by Crippen LogP contribution is -2.54. The third kappa shape index (κ3) is 3.22. The Labute approximate surface area is 166 Å². The molecule has 4 heterocycles. The Morgan fingerprint density at radius 2 is 1.89 bits per heavy atom. The summed E-state index contributed by atoms with van der Waals surface area (Å²) in [6.45, 7) is 6.60. The van der Waals surface area contributed by atoms with Crippen LogP contribution in [-0.2, 0) is 0 Å². The summed E-state index contributed by atoms with van der Waals surface area (Å²) in [6.07, 6.45) is 10.7. The zero-order valence-electron chi connectivity index (χ0n) is 16.5. The molecule has 0 radical (unpaired) electrons.